The highest BCUT2D eigenvalue weighted by molar-refractivity contribution is 7.92. The van der Waals surface area contributed by atoms with Crippen molar-refractivity contribution in [3.63, 3.8) is 0 Å². The Morgan fingerprint density at radius 1 is 1.05 bits per heavy atom. The van der Waals surface area contributed by atoms with E-state index in [1.54, 1.807) is 0 Å². The van der Waals surface area contributed by atoms with Crippen LogP contribution in [0, 0.1) is 23.1 Å². The minimum Gasteiger partial charge on any atom is -0.223 e. The summed E-state index contributed by atoms with van der Waals surface area (Å²) in [6.45, 7) is 0. The lowest BCUT2D eigenvalue weighted by atomic mass is 10.1. The van der Waals surface area contributed by atoms with E-state index >= 15 is 0 Å². The Hall–Kier alpha value is -1.90. The lowest BCUT2D eigenvalue weighted by Gasteiger charge is -2.04. The maximum atomic E-state index is 13.0. The molecular formula is C16H11ClFNO2S. The van der Waals surface area contributed by atoms with Gasteiger partial charge in [0.25, 0.3) is 0 Å². The number of halogens is 2. The number of hydrogen-bond acceptors (Lipinski definition) is 3. The van der Waals surface area contributed by atoms with Gasteiger partial charge in [-0.05, 0) is 42.0 Å². The van der Waals surface area contributed by atoms with Crippen LogP contribution in [-0.4, -0.2) is 13.7 Å². The van der Waals surface area contributed by atoms with Crippen LogP contribution in [0.15, 0.2) is 53.4 Å². The van der Waals surface area contributed by atoms with Crippen molar-refractivity contribution >= 4 is 21.4 Å². The zero-order valence-electron chi connectivity index (χ0n) is 11.3. The predicted molar refractivity (Wildman–Crippen MR) is 80.7 cm³/mol. The van der Waals surface area contributed by atoms with E-state index in [0.717, 1.165) is 0 Å². The van der Waals surface area contributed by atoms with Gasteiger partial charge in [-0.3, -0.25) is 0 Å². The summed E-state index contributed by atoms with van der Waals surface area (Å²) in [5.41, 5.74) is 0.662. The van der Waals surface area contributed by atoms with Crippen LogP contribution in [-0.2, 0) is 9.84 Å². The van der Waals surface area contributed by atoms with Gasteiger partial charge in [0.05, 0.1) is 22.1 Å². The molecule has 0 bridgehead atoms. The molecule has 1 saturated carbocycles. The quantitative estimate of drug-likeness (QED) is 0.861. The van der Waals surface area contributed by atoms with Crippen LogP contribution in [0.4, 0.5) is 4.39 Å². The first-order chi connectivity index (χ1) is 10.4. The third-order valence-electron chi connectivity index (χ3n) is 3.86. The SMILES string of the molecule is N#C[C@@H]1[C@H](c2ccc(F)cc2)[C@H]1S(=O)(=O)c1ccc(Cl)cc1. The minimum atomic E-state index is -3.63. The molecular weight excluding hydrogens is 325 g/mol. The Morgan fingerprint density at radius 2 is 1.64 bits per heavy atom. The van der Waals surface area contributed by atoms with Gasteiger partial charge < -0.3 is 0 Å². The molecule has 0 heterocycles. The van der Waals surface area contributed by atoms with Crippen LogP contribution in [0.3, 0.4) is 0 Å². The molecule has 22 heavy (non-hydrogen) atoms. The molecule has 0 saturated heterocycles. The Labute approximate surface area is 132 Å². The average molecular weight is 336 g/mol. The van der Waals surface area contributed by atoms with E-state index in [-0.39, 0.29) is 4.90 Å². The fraction of sp³-hybridized carbons (Fsp3) is 0.188. The molecule has 3 atom stereocenters. The van der Waals surface area contributed by atoms with Gasteiger partial charge in [-0.15, -0.1) is 0 Å². The number of hydrogen-bond donors (Lipinski definition) is 0. The van der Waals surface area contributed by atoms with Crippen LogP contribution in [0.5, 0.6) is 0 Å². The summed E-state index contributed by atoms with van der Waals surface area (Å²) in [5, 5.41) is 8.85. The second kappa shape index (κ2) is 5.38. The van der Waals surface area contributed by atoms with Crippen molar-refractivity contribution in [1.29, 1.82) is 5.26 Å². The molecule has 0 spiro atoms. The van der Waals surface area contributed by atoms with Crippen molar-refractivity contribution in [1.82, 2.24) is 0 Å². The molecule has 3 rings (SSSR count). The van der Waals surface area contributed by atoms with E-state index in [4.69, 9.17) is 11.6 Å². The maximum absolute atomic E-state index is 13.0. The van der Waals surface area contributed by atoms with Crippen molar-refractivity contribution in [3.8, 4) is 6.07 Å². The molecule has 0 radical (unpaired) electrons. The Morgan fingerprint density at radius 3 is 2.18 bits per heavy atom. The van der Waals surface area contributed by atoms with Gasteiger partial charge in [0.2, 0.25) is 0 Å². The van der Waals surface area contributed by atoms with Crippen LogP contribution in [0.1, 0.15) is 11.5 Å². The zero-order chi connectivity index (χ0) is 15.9. The monoisotopic (exact) mass is 335 g/mol. The summed E-state index contributed by atoms with van der Waals surface area (Å²) in [6, 6.07) is 13.5. The predicted octanol–water partition coefficient (Wildman–Crippen LogP) is 3.56. The lowest BCUT2D eigenvalue weighted by molar-refractivity contribution is 0.593. The zero-order valence-corrected chi connectivity index (χ0v) is 12.9. The standard InChI is InChI=1S/C16H11ClFNO2S/c17-11-3-7-13(8-4-11)22(20,21)16-14(9-19)15(16)10-1-5-12(18)6-2-10/h1-8,14-16H/t14-,15+,16+/m1/s1. The number of nitrogens with zero attached hydrogens (tertiary/aromatic N) is 1. The largest absolute Gasteiger partial charge is 0.223 e. The molecule has 0 unspecified atom stereocenters. The van der Waals surface area contributed by atoms with Crippen molar-refractivity contribution in [2.75, 3.05) is 0 Å². The molecule has 2 aromatic carbocycles. The number of benzene rings is 2. The first-order valence-corrected chi connectivity index (χ1v) is 8.52. The minimum absolute atomic E-state index is 0.145. The van der Waals surface area contributed by atoms with Gasteiger partial charge in [0.15, 0.2) is 9.84 Å². The van der Waals surface area contributed by atoms with Gasteiger partial charge in [-0.2, -0.15) is 5.26 Å². The highest BCUT2D eigenvalue weighted by Gasteiger charge is 2.59. The molecule has 0 N–H and O–H groups in total. The molecule has 2 aromatic rings. The maximum Gasteiger partial charge on any atom is 0.183 e. The molecule has 0 aromatic heterocycles. The summed E-state index contributed by atoms with van der Waals surface area (Å²) in [7, 11) is -3.63. The molecule has 6 heteroatoms. The average Bonchev–Trinajstić information content (AvgIpc) is 3.24. The number of nitriles is 1. The third kappa shape index (κ3) is 2.49. The molecule has 0 amide bonds. The first kappa shape index (κ1) is 15.0. The van der Waals surface area contributed by atoms with E-state index in [2.05, 4.69) is 0 Å². The topological polar surface area (TPSA) is 57.9 Å². The Bertz CT molecular complexity index is 841. The third-order valence-corrected chi connectivity index (χ3v) is 6.34. The van der Waals surface area contributed by atoms with Gasteiger partial charge >= 0.3 is 0 Å². The van der Waals surface area contributed by atoms with Gasteiger partial charge in [-0.25, -0.2) is 12.8 Å². The summed E-state index contributed by atoms with van der Waals surface area (Å²) in [5.74, 6) is -1.44. The Kier molecular flexibility index (Phi) is 3.67. The van der Waals surface area contributed by atoms with Crippen LogP contribution in [0.2, 0.25) is 5.02 Å². The van der Waals surface area contributed by atoms with Crippen LogP contribution >= 0.6 is 11.6 Å². The summed E-state index contributed by atoms with van der Waals surface area (Å²) in [4.78, 5) is 0.145. The Balaban J connectivity index is 1.95. The van der Waals surface area contributed by atoms with Crippen LogP contribution in [0.25, 0.3) is 0 Å². The molecule has 1 aliphatic rings. The van der Waals surface area contributed by atoms with E-state index in [1.807, 2.05) is 6.07 Å². The van der Waals surface area contributed by atoms with Crippen molar-refractivity contribution in [2.45, 2.75) is 16.1 Å². The second-order valence-electron chi connectivity index (χ2n) is 5.20. The van der Waals surface area contributed by atoms with Gasteiger partial charge in [0, 0.05) is 10.9 Å². The molecule has 1 aliphatic carbocycles. The van der Waals surface area contributed by atoms with Gasteiger partial charge in [0.1, 0.15) is 5.82 Å². The van der Waals surface area contributed by atoms with Crippen molar-refractivity contribution in [2.24, 2.45) is 5.92 Å². The fourth-order valence-corrected chi connectivity index (χ4v) is 4.88. The van der Waals surface area contributed by atoms with E-state index in [1.165, 1.54) is 48.5 Å². The highest BCUT2D eigenvalue weighted by Crippen LogP contribution is 2.53. The molecule has 112 valence electrons. The van der Waals surface area contributed by atoms with Gasteiger partial charge in [-0.1, -0.05) is 23.7 Å². The van der Waals surface area contributed by atoms with Crippen molar-refractivity contribution < 1.29 is 12.8 Å². The fourth-order valence-electron chi connectivity index (χ4n) is 2.69. The molecule has 3 nitrogen and oxygen atoms in total. The van der Waals surface area contributed by atoms with E-state index < -0.39 is 32.7 Å². The number of rotatable bonds is 3. The first-order valence-electron chi connectivity index (χ1n) is 6.59. The lowest BCUT2D eigenvalue weighted by Crippen LogP contribution is -2.10. The summed E-state index contributed by atoms with van der Waals surface area (Å²) in [6.07, 6.45) is 0. The summed E-state index contributed by atoms with van der Waals surface area (Å²) >= 11 is 5.77. The smallest absolute Gasteiger partial charge is 0.183 e. The van der Waals surface area contributed by atoms with E-state index in [0.29, 0.717) is 10.6 Å². The second-order valence-corrected chi connectivity index (χ2v) is 7.74. The normalized spacial score (nSPS) is 23.8. The molecule has 1 fully saturated rings. The number of sulfone groups is 1. The summed E-state index contributed by atoms with van der Waals surface area (Å²) < 4.78 is 38.3. The van der Waals surface area contributed by atoms with Crippen LogP contribution < -0.4 is 0 Å². The van der Waals surface area contributed by atoms with Crippen molar-refractivity contribution in [3.05, 3.63) is 64.9 Å². The highest BCUT2D eigenvalue weighted by atomic mass is 35.5. The van der Waals surface area contributed by atoms with E-state index in [9.17, 15) is 18.1 Å². The molecule has 0 aliphatic heterocycles.